The van der Waals surface area contributed by atoms with Gasteiger partial charge in [-0.3, -0.25) is 0 Å². The van der Waals surface area contributed by atoms with Crippen molar-refractivity contribution in [2.24, 2.45) is 4.99 Å². The van der Waals surface area contributed by atoms with Crippen LogP contribution in [0.4, 0.5) is 0 Å². The Morgan fingerprint density at radius 2 is 2.00 bits per heavy atom. The molecule has 3 N–H and O–H groups in total. The van der Waals surface area contributed by atoms with Crippen molar-refractivity contribution in [1.29, 1.82) is 0 Å². The Labute approximate surface area is 194 Å². The summed E-state index contributed by atoms with van der Waals surface area (Å²) >= 11 is 1.57. The normalized spacial score (nSPS) is 13.2. The molecule has 6 nitrogen and oxygen atoms in total. The van der Waals surface area contributed by atoms with Crippen LogP contribution >= 0.6 is 35.3 Å². The molecule has 2 rings (SSSR count). The second kappa shape index (κ2) is 12.9. The molecule has 0 saturated carbocycles. The summed E-state index contributed by atoms with van der Waals surface area (Å²) in [4.78, 5) is 4.62. The summed E-state index contributed by atoms with van der Waals surface area (Å²) in [5.74, 6) is 2.11. The molecule has 0 aliphatic rings. The van der Waals surface area contributed by atoms with Gasteiger partial charge in [0.15, 0.2) is 17.5 Å². The first-order chi connectivity index (χ1) is 13.5. The van der Waals surface area contributed by atoms with Crippen molar-refractivity contribution < 1.29 is 14.6 Å². The van der Waals surface area contributed by atoms with Gasteiger partial charge >= 0.3 is 0 Å². The van der Waals surface area contributed by atoms with Crippen LogP contribution in [-0.4, -0.2) is 37.9 Å². The Kier molecular flexibility index (Phi) is 11.4. The topological polar surface area (TPSA) is 75.1 Å². The third kappa shape index (κ3) is 8.02. The van der Waals surface area contributed by atoms with Gasteiger partial charge in [0.1, 0.15) is 5.60 Å². The average Bonchev–Trinajstić information content (AvgIpc) is 3.24. The average molecular weight is 533 g/mol. The van der Waals surface area contributed by atoms with Gasteiger partial charge in [-0.2, -0.15) is 11.3 Å². The number of nitrogens with zero attached hydrogens (tertiary/aromatic N) is 1. The standard InChI is InChI=1S/C21H31N3O3S.HI/c1-5-10-27-18-8-7-16(12-19(18)26-4)13-23-20(22-6-2)24-15-21(3,25)17-9-11-28-14-17;/h7-9,11-12,14,25H,5-6,10,13,15H2,1-4H3,(H2,22,23,24);1H. The van der Waals surface area contributed by atoms with Crippen molar-refractivity contribution in [1.82, 2.24) is 10.6 Å². The fourth-order valence-corrected chi connectivity index (χ4v) is 3.37. The molecule has 0 saturated heterocycles. The van der Waals surface area contributed by atoms with E-state index in [4.69, 9.17) is 9.47 Å². The first-order valence-corrected chi connectivity index (χ1v) is 10.5. The fraction of sp³-hybridized carbons (Fsp3) is 0.476. The van der Waals surface area contributed by atoms with E-state index < -0.39 is 5.60 Å². The number of nitrogens with one attached hydrogen (secondary N) is 2. The minimum atomic E-state index is -0.961. The highest BCUT2D eigenvalue weighted by Gasteiger charge is 2.23. The molecular formula is C21H32IN3O3S. The minimum Gasteiger partial charge on any atom is -0.493 e. The van der Waals surface area contributed by atoms with Gasteiger partial charge in [0.05, 0.1) is 26.8 Å². The lowest BCUT2D eigenvalue weighted by molar-refractivity contribution is 0.0621. The SMILES string of the molecule is CCCOc1ccc(CN=C(NCC)NCC(C)(O)c2ccsc2)cc1OC.I. The summed E-state index contributed by atoms with van der Waals surface area (Å²) < 4.78 is 11.1. The summed E-state index contributed by atoms with van der Waals surface area (Å²) in [6, 6.07) is 7.79. The molecule has 1 aromatic carbocycles. The highest BCUT2D eigenvalue weighted by atomic mass is 127. The van der Waals surface area contributed by atoms with Crippen LogP contribution in [0.15, 0.2) is 40.0 Å². The van der Waals surface area contributed by atoms with Crippen molar-refractivity contribution in [3.05, 3.63) is 46.2 Å². The molecule has 0 radical (unpaired) electrons. The highest BCUT2D eigenvalue weighted by molar-refractivity contribution is 14.0. The first-order valence-electron chi connectivity index (χ1n) is 9.57. The van der Waals surface area contributed by atoms with Crippen LogP contribution in [0.5, 0.6) is 11.5 Å². The summed E-state index contributed by atoms with van der Waals surface area (Å²) in [7, 11) is 1.64. The smallest absolute Gasteiger partial charge is 0.191 e. The van der Waals surface area contributed by atoms with Crippen LogP contribution < -0.4 is 20.1 Å². The van der Waals surface area contributed by atoms with E-state index in [1.54, 1.807) is 25.4 Å². The first kappa shape index (κ1) is 25.5. The number of thiophene rings is 1. The van der Waals surface area contributed by atoms with E-state index in [0.29, 0.717) is 31.4 Å². The van der Waals surface area contributed by atoms with Gasteiger partial charge in [-0.1, -0.05) is 13.0 Å². The number of benzene rings is 1. The Hall–Kier alpha value is -1.52. The monoisotopic (exact) mass is 533 g/mol. The number of aliphatic hydroxyl groups is 1. The lowest BCUT2D eigenvalue weighted by atomic mass is 9.99. The molecule has 162 valence electrons. The third-order valence-corrected chi connectivity index (χ3v) is 4.88. The molecule has 0 aliphatic carbocycles. The minimum absolute atomic E-state index is 0. The number of hydrogen-bond donors (Lipinski definition) is 3. The van der Waals surface area contributed by atoms with Gasteiger partial charge in [-0.05, 0) is 60.4 Å². The molecule has 1 heterocycles. The molecule has 2 aromatic rings. The largest absolute Gasteiger partial charge is 0.493 e. The summed E-state index contributed by atoms with van der Waals surface area (Å²) in [5, 5.41) is 21.0. The van der Waals surface area contributed by atoms with Gasteiger partial charge in [0.25, 0.3) is 0 Å². The van der Waals surface area contributed by atoms with Gasteiger partial charge < -0.3 is 25.2 Å². The molecule has 0 bridgehead atoms. The molecule has 8 heteroatoms. The van der Waals surface area contributed by atoms with Crippen LogP contribution in [0, 0.1) is 0 Å². The van der Waals surface area contributed by atoms with E-state index >= 15 is 0 Å². The maximum atomic E-state index is 10.7. The quantitative estimate of drug-likeness (QED) is 0.244. The number of hydrogen-bond acceptors (Lipinski definition) is 5. The fourth-order valence-electron chi connectivity index (χ4n) is 2.58. The number of aliphatic imine (C=N–C) groups is 1. The van der Waals surface area contributed by atoms with Crippen LogP contribution in [0.3, 0.4) is 0 Å². The molecule has 29 heavy (non-hydrogen) atoms. The van der Waals surface area contributed by atoms with Gasteiger partial charge in [0, 0.05) is 6.54 Å². The zero-order valence-corrected chi connectivity index (χ0v) is 20.7. The Bertz CT molecular complexity index is 752. The zero-order chi connectivity index (χ0) is 20.4. The number of halogens is 1. The number of rotatable bonds is 10. The van der Waals surface area contributed by atoms with Gasteiger partial charge in [-0.25, -0.2) is 4.99 Å². The Morgan fingerprint density at radius 1 is 1.21 bits per heavy atom. The zero-order valence-electron chi connectivity index (χ0n) is 17.5. The third-order valence-electron chi connectivity index (χ3n) is 4.20. The lowest BCUT2D eigenvalue weighted by Gasteiger charge is -2.24. The van der Waals surface area contributed by atoms with Crippen molar-refractivity contribution in [3.8, 4) is 11.5 Å². The lowest BCUT2D eigenvalue weighted by Crippen LogP contribution is -2.44. The Balaban J connectivity index is 0.00000420. The number of ether oxygens (including phenoxy) is 2. The van der Waals surface area contributed by atoms with Crippen molar-refractivity contribution >= 4 is 41.3 Å². The second-order valence-electron chi connectivity index (χ2n) is 6.67. The van der Waals surface area contributed by atoms with E-state index in [-0.39, 0.29) is 24.0 Å². The molecular weight excluding hydrogens is 501 g/mol. The summed E-state index contributed by atoms with van der Waals surface area (Å²) in [6.45, 7) is 8.12. The van der Waals surface area contributed by atoms with Crippen molar-refractivity contribution in [2.75, 3.05) is 26.8 Å². The van der Waals surface area contributed by atoms with Crippen LogP contribution in [0.1, 0.15) is 38.3 Å². The van der Waals surface area contributed by atoms with Gasteiger partial charge in [-0.15, -0.1) is 24.0 Å². The maximum Gasteiger partial charge on any atom is 0.191 e. The van der Waals surface area contributed by atoms with E-state index in [9.17, 15) is 5.11 Å². The van der Waals surface area contributed by atoms with E-state index in [0.717, 1.165) is 29.8 Å². The molecule has 0 amide bonds. The summed E-state index contributed by atoms with van der Waals surface area (Å²) in [5.41, 5.74) is 0.952. The molecule has 1 atom stereocenters. The van der Waals surface area contributed by atoms with Crippen LogP contribution in [0.25, 0.3) is 0 Å². The predicted octanol–water partition coefficient (Wildman–Crippen LogP) is 4.13. The Morgan fingerprint density at radius 3 is 2.62 bits per heavy atom. The number of methoxy groups -OCH3 is 1. The second-order valence-corrected chi connectivity index (χ2v) is 7.45. The van der Waals surface area contributed by atoms with E-state index in [1.165, 1.54) is 0 Å². The van der Waals surface area contributed by atoms with Crippen molar-refractivity contribution in [2.45, 2.75) is 39.3 Å². The van der Waals surface area contributed by atoms with E-state index in [2.05, 4.69) is 22.5 Å². The predicted molar refractivity (Wildman–Crippen MR) is 131 cm³/mol. The number of guanidine groups is 1. The van der Waals surface area contributed by atoms with Gasteiger partial charge in [0.2, 0.25) is 0 Å². The molecule has 0 spiro atoms. The summed E-state index contributed by atoms with van der Waals surface area (Å²) in [6.07, 6.45) is 0.947. The maximum absolute atomic E-state index is 10.7. The molecule has 1 aromatic heterocycles. The van der Waals surface area contributed by atoms with E-state index in [1.807, 2.05) is 41.9 Å². The molecule has 0 aliphatic heterocycles. The van der Waals surface area contributed by atoms with Crippen LogP contribution in [0.2, 0.25) is 0 Å². The van der Waals surface area contributed by atoms with Crippen LogP contribution in [-0.2, 0) is 12.1 Å². The van der Waals surface area contributed by atoms with Crippen molar-refractivity contribution in [3.63, 3.8) is 0 Å². The molecule has 1 unspecified atom stereocenters. The highest BCUT2D eigenvalue weighted by Crippen LogP contribution is 2.28. The molecule has 0 fully saturated rings.